The summed E-state index contributed by atoms with van der Waals surface area (Å²) in [5.41, 5.74) is 4.53. The number of non-ortho nitro benzene ring substituents is 1. The van der Waals surface area contributed by atoms with E-state index in [1.54, 1.807) is 12.1 Å². The Labute approximate surface area is 99.5 Å². The Morgan fingerprint density at radius 2 is 2.06 bits per heavy atom. The van der Waals surface area contributed by atoms with Crippen molar-refractivity contribution in [3.63, 3.8) is 0 Å². The van der Waals surface area contributed by atoms with Crippen molar-refractivity contribution in [1.29, 1.82) is 0 Å². The van der Waals surface area contributed by atoms with E-state index >= 15 is 0 Å². The quantitative estimate of drug-likeness (QED) is 0.588. The summed E-state index contributed by atoms with van der Waals surface area (Å²) in [6.07, 6.45) is -0.467. The Morgan fingerprint density at radius 3 is 2.65 bits per heavy atom. The second-order valence-electron chi connectivity index (χ2n) is 3.61. The van der Waals surface area contributed by atoms with E-state index in [1.165, 1.54) is 12.1 Å². The van der Waals surface area contributed by atoms with Crippen LogP contribution in [0.25, 0.3) is 0 Å². The van der Waals surface area contributed by atoms with E-state index in [0.29, 0.717) is 5.56 Å². The molecular formula is C9H11N2O5S+. The molecular weight excluding hydrogens is 248 g/mol. The predicted octanol–water partition coefficient (Wildman–Crippen LogP) is -0.128. The summed E-state index contributed by atoms with van der Waals surface area (Å²) < 4.78 is 21.0. The SMILES string of the molecule is [NH3+][C@H]1CO[S@](=O)O[C@@H]1c1ccc([N+](=O)[O-])cc1. The summed E-state index contributed by atoms with van der Waals surface area (Å²) in [7, 11) is 0. The number of quaternary nitrogens is 1. The lowest BCUT2D eigenvalue weighted by atomic mass is 10.0. The minimum absolute atomic E-state index is 0.00236. The monoisotopic (exact) mass is 259 g/mol. The first kappa shape index (κ1) is 12.1. The van der Waals surface area contributed by atoms with E-state index < -0.39 is 22.4 Å². The zero-order valence-electron chi connectivity index (χ0n) is 8.78. The largest absolute Gasteiger partial charge is 0.351 e. The highest BCUT2D eigenvalue weighted by Crippen LogP contribution is 2.26. The molecule has 0 unspecified atom stereocenters. The number of nitrogens with zero attached hydrogens (tertiary/aromatic N) is 1. The molecule has 3 atom stereocenters. The van der Waals surface area contributed by atoms with Gasteiger partial charge in [-0.15, -0.1) is 0 Å². The number of benzene rings is 1. The van der Waals surface area contributed by atoms with Crippen LogP contribution >= 0.6 is 0 Å². The van der Waals surface area contributed by atoms with Gasteiger partial charge in [0.05, 0.1) is 4.92 Å². The fraction of sp³-hybridized carbons (Fsp3) is 0.333. The number of nitro groups is 1. The van der Waals surface area contributed by atoms with Gasteiger partial charge in [-0.05, 0) is 17.7 Å². The van der Waals surface area contributed by atoms with Gasteiger partial charge in [-0.3, -0.25) is 18.5 Å². The maximum absolute atomic E-state index is 11.1. The Balaban J connectivity index is 2.21. The van der Waals surface area contributed by atoms with Crippen molar-refractivity contribution in [1.82, 2.24) is 0 Å². The Morgan fingerprint density at radius 1 is 1.41 bits per heavy atom. The van der Waals surface area contributed by atoms with Crippen molar-refractivity contribution >= 4 is 17.0 Å². The second-order valence-corrected chi connectivity index (χ2v) is 4.45. The fourth-order valence-electron chi connectivity index (χ4n) is 1.53. The van der Waals surface area contributed by atoms with Crippen molar-refractivity contribution in [3.8, 4) is 0 Å². The first-order valence-corrected chi connectivity index (χ1v) is 5.87. The molecule has 0 aromatic heterocycles. The van der Waals surface area contributed by atoms with Gasteiger partial charge in [-0.2, -0.15) is 4.21 Å². The fourth-order valence-corrected chi connectivity index (χ4v) is 2.31. The summed E-state index contributed by atoms with van der Waals surface area (Å²) in [5.74, 6) is 0. The van der Waals surface area contributed by atoms with Crippen LogP contribution in [0.4, 0.5) is 5.69 Å². The summed E-state index contributed by atoms with van der Waals surface area (Å²) in [6, 6.07) is 5.70. The van der Waals surface area contributed by atoms with Gasteiger partial charge in [-0.1, -0.05) is 0 Å². The molecule has 7 nitrogen and oxygen atoms in total. The van der Waals surface area contributed by atoms with Gasteiger partial charge in [0.1, 0.15) is 12.6 Å². The Hall–Kier alpha value is -1.35. The Bertz CT molecular complexity index is 449. The zero-order valence-corrected chi connectivity index (χ0v) is 9.59. The van der Waals surface area contributed by atoms with Gasteiger partial charge in [0.25, 0.3) is 5.69 Å². The van der Waals surface area contributed by atoms with Gasteiger partial charge in [0.2, 0.25) is 0 Å². The first-order valence-electron chi connectivity index (χ1n) is 4.87. The van der Waals surface area contributed by atoms with E-state index in [1.807, 2.05) is 0 Å². The molecule has 0 aliphatic carbocycles. The van der Waals surface area contributed by atoms with E-state index in [9.17, 15) is 14.3 Å². The van der Waals surface area contributed by atoms with Crippen LogP contribution in [-0.4, -0.2) is 21.8 Å². The molecule has 8 heteroatoms. The first-order chi connectivity index (χ1) is 8.08. The van der Waals surface area contributed by atoms with Crippen LogP contribution in [0.15, 0.2) is 24.3 Å². The van der Waals surface area contributed by atoms with Gasteiger partial charge < -0.3 is 5.73 Å². The molecule has 1 fully saturated rings. The maximum Gasteiger partial charge on any atom is 0.305 e. The smallest absolute Gasteiger partial charge is 0.305 e. The highest BCUT2D eigenvalue weighted by atomic mass is 32.2. The number of hydrogen-bond acceptors (Lipinski definition) is 5. The average Bonchev–Trinajstić information content (AvgIpc) is 2.32. The van der Waals surface area contributed by atoms with Gasteiger partial charge >= 0.3 is 11.4 Å². The van der Waals surface area contributed by atoms with E-state index in [-0.39, 0.29) is 18.3 Å². The number of hydrogen-bond donors (Lipinski definition) is 1. The lowest BCUT2D eigenvalue weighted by Crippen LogP contribution is -2.67. The van der Waals surface area contributed by atoms with Crippen molar-refractivity contribution in [2.45, 2.75) is 12.1 Å². The zero-order chi connectivity index (χ0) is 12.4. The van der Waals surface area contributed by atoms with E-state index in [2.05, 4.69) is 5.73 Å². The van der Waals surface area contributed by atoms with Crippen molar-refractivity contribution in [2.24, 2.45) is 0 Å². The second kappa shape index (κ2) is 4.88. The molecule has 2 rings (SSSR count). The van der Waals surface area contributed by atoms with Crippen LogP contribution in [0.3, 0.4) is 0 Å². The number of nitro benzene ring substituents is 1. The van der Waals surface area contributed by atoms with Crippen LogP contribution in [0.5, 0.6) is 0 Å². The third kappa shape index (κ3) is 2.67. The third-order valence-corrected chi connectivity index (χ3v) is 3.11. The minimum Gasteiger partial charge on any atom is -0.351 e. The predicted molar refractivity (Wildman–Crippen MR) is 57.7 cm³/mol. The molecule has 1 aliphatic heterocycles. The van der Waals surface area contributed by atoms with Crippen LogP contribution in [-0.2, 0) is 19.7 Å². The van der Waals surface area contributed by atoms with Gasteiger partial charge in [0, 0.05) is 12.1 Å². The topological polar surface area (TPSA) is 106 Å². The van der Waals surface area contributed by atoms with Gasteiger partial charge in [-0.25, -0.2) is 0 Å². The van der Waals surface area contributed by atoms with Gasteiger partial charge in [0.15, 0.2) is 6.10 Å². The van der Waals surface area contributed by atoms with Crippen LogP contribution in [0, 0.1) is 10.1 Å². The molecule has 1 aliphatic rings. The molecule has 1 heterocycles. The van der Waals surface area contributed by atoms with Crippen molar-refractivity contribution in [3.05, 3.63) is 39.9 Å². The summed E-state index contributed by atoms with van der Waals surface area (Å²) in [6.45, 7) is 0.230. The van der Waals surface area contributed by atoms with Crippen LogP contribution in [0.1, 0.15) is 11.7 Å². The highest BCUT2D eigenvalue weighted by Gasteiger charge is 2.32. The molecule has 92 valence electrons. The molecule has 0 spiro atoms. The van der Waals surface area contributed by atoms with E-state index in [4.69, 9.17) is 8.37 Å². The lowest BCUT2D eigenvalue weighted by Gasteiger charge is -2.24. The van der Waals surface area contributed by atoms with Crippen molar-refractivity contribution in [2.75, 3.05) is 6.61 Å². The maximum atomic E-state index is 11.1. The summed E-state index contributed by atoms with van der Waals surface area (Å²) in [5, 5.41) is 10.5. The standard InChI is InChI=1S/C9H10N2O5S/c10-8-5-15-17(14)16-9(8)6-1-3-7(4-2-6)11(12)13/h1-4,8-9H,5,10H2/p+1/t8-,9+,17-/m0/s1. The number of rotatable bonds is 2. The third-order valence-electron chi connectivity index (χ3n) is 2.42. The molecule has 0 amide bonds. The molecule has 17 heavy (non-hydrogen) atoms. The molecule has 0 bridgehead atoms. The van der Waals surface area contributed by atoms with Crippen molar-refractivity contribution < 1.29 is 23.2 Å². The van der Waals surface area contributed by atoms with Crippen LogP contribution < -0.4 is 5.73 Å². The highest BCUT2D eigenvalue weighted by molar-refractivity contribution is 7.75. The minimum atomic E-state index is -1.78. The Kier molecular flexibility index (Phi) is 3.48. The molecule has 1 aromatic rings. The van der Waals surface area contributed by atoms with Crippen LogP contribution in [0.2, 0.25) is 0 Å². The molecule has 3 N–H and O–H groups in total. The lowest BCUT2D eigenvalue weighted by molar-refractivity contribution is -0.444. The summed E-state index contributed by atoms with van der Waals surface area (Å²) in [4.78, 5) is 10.0. The van der Waals surface area contributed by atoms with E-state index in [0.717, 1.165) is 0 Å². The molecule has 1 aromatic carbocycles. The molecule has 0 saturated carbocycles. The summed E-state index contributed by atoms with van der Waals surface area (Å²) >= 11 is -1.78. The average molecular weight is 259 g/mol. The molecule has 0 radical (unpaired) electrons. The molecule has 1 saturated heterocycles. The normalized spacial score (nSPS) is 28.9.